The lowest BCUT2D eigenvalue weighted by molar-refractivity contribution is -0.174. The Labute approximate surface area is 110 Å². The largest absolute Gasteiger partial charge is 0.454 e. The van der Waals surface area contributed by atoms with Crippen LogP contribution in [0.25, 0.3) is 0 Å². The van der Waals surface area contributed by atoms with Crippen molar-refractivity contribution in [3.8, 4) is 0 Å². The molecule has 0 aliphatic carbocycles. The number of esters is 2. The quantitative estimate of drug-likeness (QED) is 0.543. The van der Waals surface area contributed by atoms with Crippen molar-refractivity contribution in [3.05, 3.63) is 0 Å². The Morgan fingerprint density at radius 1 is 0.944 bits per heavy atom. The molecule has 0 rings (SSSR count). The van der Waals surface area contributed by atoms with Gasteiger partial charge in [-0.1, -0.05) is 34.1 Å². The lowest BCUT2D eigenvalue weighted by Gasteiger charge is -2.19. The molecule has 0 aliphatic heterocycles. The van der Waals surface area contributed by atoms with Gasteiger partial charge in [0, 0.05) is 0 Å². The van der Waals surface area contributed by atoms with Crippen molar-refractivity contribution in [1.82, 2.24) is 0 Å². The van der Waals surface area contributed by atoms with Gasteiger partial charge >= 0.3 is 11.9 Å². The van der Waals surface area contributed by atoms with Gasteiger partial charge in [-0.2, -0.15) is 0 Å². The third-order valence-corrected chi connectivity index (χ3v) is 3.02. The van der Waals surface area contributed by atoms with Gasteiger partial charge in [0.15, 0.2) is 0 Å². The molecular formula is C14H26O4. The Morgan fingerprint density at radius 3 is 1.89 bits per heavy atom. The van der Waals surface area contributed by atoms with Gasteiger partial charge in [0.05, 0.1) is 6.10 Å². The molecule has 0 radical (unpaired) electrons. The van der Waals surface area contributed by atoms with Crippen molar-refractivity contribution in [2.75, 3.05) is 0 Å². The normalized spacial score (nSPS) is 15.9. The van der Waals surface area contributed by atoms with Crippen LogP contribution in [0.4, 0.5) is 0 Å². The van der Waals surface area contributed by atoms with E-state index in [2.05, 4.69) is 0 Å². The minimum Gasteiger partial charge on any atom is -0.454 e. The van der Waals surface area contributed by atoms with Crippen molar-refractivity contribution in [1.29, 1.82) is 0 Å². The Morgan fingerprint density at radius 2 is 1.44 bits per heavy atom. The van der Waals surface area contributed by atoms with Crippen LogP contribution in [0, 0.1) is 11.8 Å². The van der Waals surface area contributed by atoms with Crippen LogP contribution in [0.2, 0.25) is 0 Å². The molecule has 0 saturated carbocycles. The van der Waals surface area contributed by atoms with Crippen molar-refractivity contribution in [2.24, 2.45) is 11.8 Å². The molecule has 18 heavy (non-hydrogen) atoms. The molecule has 0 heterocycles. The van der Waals surface area contributed by atoms with E-state index in [9.17, 15) is 9.59 Å². The van der Waals surface area contributed by atoms with E-state index in [4.69, 9.17) is 9.47 Å². The third kappa shape index (κ3) is 6.62. The highest BCUT2D eigenvalue weighted by molar-refractivity contribution is 6.29. The molecular weight excluding hydrogens is 232 g/mol. The van der Waals surface area contributed by atoms with Crippen molar-refractivity contribution >= 4 is 11.9 Å². The topological polar surface area (TPSA) is 52.6 Å². The van der Waals surface area contributed by atoms with Gasteiger partial charge in [0.2, 0.25) is 0 Å². The molecule has 0 fully saturated rings. The fourth-order valence-corrected chi connectivity index (χ4v) is 1.61. The van der Waals surface area contributed by atoms with Gasteiger partial charge in [-0.3, -0.25) is 0 Å². The SMILES string of the molecule is CCC(C)C(C)OC(=O)C(=O)OC(C)CC(C)C. The number of carbonyl (C=O) groups excluding carboxylic acids is 2. The van der Waals surface area contributed by atoms with E-state index in [0.29, 0.717) is 5.92 Å². The summed E-state index contributed by atoms with van der Waals surface area (Å²) in [6.45, 7) is 11.6. The van der Waals surface area contributed by atoms with Gasteiger partial charge < -0.3 is 9.47 Å². The highest BCUT2D eigenvalue weighted by atomic mass is 16.6. The minimum absolute atomic E-state index is 0.231. The van der Waals surface area contributed by atoms with E-state index < -0.39 is 11.9 Å². The predicted molar refractivity (Wildman–Crippen MR) is 70.0 cm³/mol. The first-order valence-electron chi connectivity index (χ1n) is 6.69. The first kappa shape index (κ1) is 16.9. The standard InChI is InChI=1S/C14H26O4/c1-7-10(4)12(6)18-14(16)13(15)17-11(5)8-9(2)3/h9-12H,7-8H2,1-6H3. The molecule has 3 unspecified atom stereocenters. The molecule has 0 saturated heterocycles. The number of hydrogen-bond donors (Lipinski definition) is 0. The molecule has 0 amide bonds. The van der Waals surface area contributed by atoms with Gasteiger partial charge in [-0.25, -0.2) is 9.59 Å². The Hall–Kier alpha value is -1.06. The zero-order chi connectivity index (χ0) is 14.3. The van der Waals surface area contributed by atoms with Crippen LogP contribution in [0.15, 0.2) is 0 Å². The second-order valence-corrected chi connectivity index (χ2v) is 5.34. The van der Waals surface area contributed by atoms with E-state index in [1.54, 1.807) is 13.8 Å². The molecule has 0 N–H and O–H groups in total. The lowest BCUT2D eigenvalue weighted by atomic mass is 10.0. The van der Waals surface area contributed by atoms with Gasteiger partial charge in [-0.15, -0.1) is 0 Å². The van der Waals surface area contributed by atoms with Gasteiger partial charge in [0.1, 0.15) is 6.10 Å². The molecule has 4 nitrogen and oxygen atoms in total. The molecule has 0 spiro atoms. The Kier molecular flexibility index (Phi) is 7.64. The molecule has 0 aliphatic rings. The first-order chi connectivity index (χ1) is 8.27. The maximum Gasteiger partial charge on any atom is 0.417 e. The summed E-state index contributed by atoms with van der Waals surface area (Å²) in [5, 5.41) is 0. The van der Waals surface area contributed by atoms with Gasteiger partial charge in [-0.05, 0) is 32.1 Å². The molecule has 0 aromatic carbocycles. The summed E-state index contributed by atoms with van der Waals surface area (Å²) in [5.74, 6) is -1.13. The average Bonchev–Trinajstić information content (AvgIpc) is 2.26. The van der Waals surface area contributed by atoms with Crippen molar-refractivity contribution < 1.29 is 19.1 Å². The van der Waals surface area contributed by atoms with Crippen molar-refractivity contribution in [2.45, 2.75) is 66.6 Å². The van der Waals surface area contributed by atoms with E-state index in [1.807, 2.05) is 27.7 Å². The summed E-state index contributed by atoms with van der Waals surface area (Å²) >= 11 is 0. The van der Waals surface area contributed by atoms with Crippen molar-refractivity contribution in [3.63, 3.8) is 0 Å². The number of ether oxygens (including phenoxy) is 2. The summed E-state index contributed by atoms with van der Waals surface area (Å²) in [6, 6.07) is 0. The molecule has 0 aromatic rings. The number of rotatable bonds is 6. The second kappa shape index (κ2) is 8.11. The minimum atomic E-state index is -0.890. The van der Waals surface area contributed by atoms with Crippen LogP contribution in [-0.4, -0.2) is 24.1 Å². The van der Waals surface area contributed by atoms with E-state index in [-0.39, 0.29) is 18.1 Å². The number of hydrogen-bond acceptors (Lipinski definition) is 4. The third-order valence-electron chi connectivity index (χ3n) is 3.02. The predicted octanol–water partition coefficient (Wildman–Crippen LogP) is 2.94. The summed E-state index contributed by atoms with van der Waals surface area (Å²) in [7, 11) is 0. The summed E-state index contributed by atoms with van der Waals surface area (Å²) < 4.78 is 10.1. The summed E-state index contributed by atoms with van der Waals surface area (Å²) in [4.78, 5) is 23.0. The highest BCUT2D eigenvalue weighted by Crippen LogP contribution is 2.12. The van der Waals surface area contributed by atoms with Crippen LogP contribution in [-0.2, 0) is 19.1 Å². The maximum absolute atomic E-state index is 11.5. The smallest absolute Gasteiger partial charge is 0.417 e. The highest BCUT2D eigenvalue weighted by Gasteiger charge is 2.24. The lowest BCUT2D eigenvalue weighted by Crippen LogP contribution is -2.30. The Bertz CT molecular complexity index is 273. The fraction of sp³-hybridized carbons (Fsp3) is 0.857. The van der Waals surface area contributed by atoms with Crippen LogP contribution >= 0.6 is 0 Å². The van der Waals surface area contributed by atoms with E-state index in [1.165, 1.54) is 0 Å². The zero-order valence-electron chi connectivity index (χ0n) is 12.4. The van der Waals surface area contributed by atoms with E-state index >= 15 is 0 Å². The molecule has 4 heteroatoms. The van der Waals surface area contributed by atoms with Crippen LogP contribution < -0.4 is 0 Å². The monoisotopic (exact) mass is 258 g/mol. The molecule has 0 aromatic heterocycles. The maximum atomic E-state index is 11.5. The fourth-order valence-electron chi connectivity index (χ4n) is 1.61. The molecule has 0 bridgehead atoms. The molecule has 3 atom stereocenters. The zero-order valence-corrected chi connectivity index (χ0v) is 12.4. The van der Waals surface area contributed by atoms with Crippen LogP contribution in [0.5, 0.6) is 0 Å². The Balaban J connectivity index is 4.15. The molecule has 106 valence electrons. The summed E-state index contributed by atoms with van der Waals surface area (Å²) in [6.07, 6.45) is 1.10. The first-order valence-corrected chi connectivity index (χ1v) is 6.69. The second-order valence-electron chi connectivity index (χ2n) is 5.34. The number of carbonyl (C=O) groups is 2. The van der Waals surface area contributed by atoms with E-state index in [0.717, 1.165) is 12.8 Å². The summed E-state index contributed by atoms with van der Waals surface area (Å²) in [5.41, 5.74) is 0. The van der Waals surface area contributed by atoms with Gasteiger partial charge in [0.25, 0.3) is 0 Å². The van der Waals surface area contributed by atoms with Crippen LogP contribution in [0.3, 0.4) is 0 Å². The average molecular weight is 258 g/mol. The van der Waals surface area contributed by atoms with Crippen LogP contribution in [0.1, 0.15) is 54.4 Å².